The number of halogens is 3. The van der Waals surface area contributed by atoms with Crippen LogP contribution in [0.25, 0.3) is 26.9 Å². The third-order valence-corrected chi connectivity index (χ3v) is 4.50. The predicted molar refractivity (Wildman–Crippen MR) is 84.7 cm³/mol. The third-order valence-electron chi connectivity index (χ3n) is 3.16. The van der Waals surface area contributed by atoms with E-state index in [1.165, 1.54) is 17.0 Å². The van der Waals surface area contributed by atoms with Gasteiger partial charge in [-0.25, -0.2) is 13.8 Å². The molecule has 4 nitrogen and oxygen atoms in total. The Labute approximate surface area is 134 Å². The van der Waals surface area contributed by atoms with Crippen LogP contribution < -0.4 is 0 Å². The Morgan fingerprint density at radius 1 is 1.19 bits per heavy atom. The van der Waals surface area contributed by atoms with Gasteiger partial charge in [-0.05, 0) is 58.4 Å². The summed E-state index contributed by atoms with van der Waals surface area (Å²) < 4.78 is 35.3. The number of fused-ring (bicyclic) bond motifs is 2. The molecule has 0 saturated heterocycles. The van der Waals surface area contributed by atoms with Gasteiger partial charge in [-0.1, -0.05) is 4.49 Å². The normalized spacial score (nSPS) is 11.6. The fourth-order valence-electron chi connectivity index (χ4n) is 2.23. The van der Waals surface area contributed by atoms with Gasteiger partial charge < -0.3 is 0 Å². The second-order valence-corrected chi connectivity index (χ2v) is 6.42. The third kappa shape index (κ3) is 1.93. The maximum absolute atomic E-state index is 14.6. The molecule has 4 aromatic rings. The van der Waals surface area contributed by atoms with Gasteiger partial charge >= 0.3 is 0 Å². The minimum absolute atomic E-state index is 0.181. The molecule has 0 unspecified atom stereocenters. The molecule has 0 aliphatic rings. The molecule has 0 saturated carbocycles. The molecule has 2 aromatic heterocycles. The van der Waals surface area contributed by atoms with E-state index in [2.05, 4.69) is 14.6 Å². The van der Waals surface area contributed by atoms with Crippen LogP contribution in [0.15, 0.2) is 30.6 Å². The number of benzene rings is 2. The van der Waals surface area contributed by atoms with Crippen molar-refractivity contribution in [2.75, 3.05) is 0 Å². The van der Waals surface area contributed by atoms with E-state index >= 15 is 0 Å². The molecule has 0 aliphatic heterocycles. The summed E-state index contributed by atoms with van der Waals surface area (Å²) in [4.78, 5) is 4.15. The Bertz CT molecular complexity index is 995. The number of rotatable bonds is 1. The first kappa shape index (κ1) is 13.0. The molecule has 0 spiro atoms. The van der Waals surface area contributed by atoms with E-state index in [0.29, 0.717) is 10.2 Å². The van der Waals surface area contributed by atoms with Crippen molar-refractivity contribution in [3.05, 3.63) is 45.8 Å². The van der Waals surface area contributed by atoms with Crippen molar-refractivity contribution in [1.29, 1.82) is 0 Å². The molecule has 0 atom stereocenters. The highest BCUT2D eigenvalue weighted by Gasteiger charge is 2.17. The molecule has 8 heteroatoms. The summed E-state index contributed by atoms with van der Waals surface area (Å²) in [7, 11) is 0. The molecular formula is C13H5F2IN4S. The fourth-order valence-corrected chi connectivity index (χ4v) is 3.27. The van der Waals surface area contributed by atoms with Crippen molar-refractivity contribution >= 4 is 55.4 Å². The van der Waals surface area contributed by atoms with Crippen LogP contribution in [0.1, 0.15) is 0 Å². The molecule has 104 valence electrons. The number of hydrogen-bond donors (Lipinski definition) is 0. The van der Waals surface area contributed by atoms with Crippen molar-refractivity contribution < 1.29 is 8.78 Å². The van der Waals surface area contributed by atoms with Gasteiger partial charge in [0.25, 0.3) is 0 Å². The van der Waals surface area contributed by atoms with Crippen LogP contribution in [0.3, 0.4) is 0 Å². The van der Waals surface area contributed by atoms with Crippen molar-refractivity contribution in [2.24, 2.45) is 0 Å². The zero-order valence-electron chi connectivity index (χ0n) is 10.2. The Balaban J connectivity index is 2.09. The lowest BCUT2D eigenvalue weighted by molar-refractivity contribution is 0.614. The molecule has 21 heavy (non-hydrogen) atoms. The number of aromatic nitrogens is 4. The zero-order chi connectivity index (χ0) is 14.6. The summed E-state index contributed by atoms with van der Waals surface area (Å²) in [5.74, 6) is -0.969. The summed E-state index contributed by atoms with van der Waals surface area (Å²) in [6, 6.07) is 6.45. The lowest BCUT2D eigenvalue weighted by Gasteiger charge is -2.06. The average molecular weight is 414 g/mol. The smallest absolute Gasteiger partial charge is 0.178 e. The van der Waals surface area contributed by atoms with Crippen LogP contribution in [-0.2, 0) is 0 Å². The molecular weight excluding hydrogens is 409 g/mol. The number of nitrogens with zero attached hydrogens (tertiary/aromatic N) is 4. The standard InChI is InChI=1S/C13H5F2IN4S/c14-7-3-6(16)1-2-9(7)20-5-17-8-4-10-12(18-19-21-10)11(15)13(8)20/h1-5H. The van der Waals surface area contributed by atoms with Gasteiger partial charge in [-0.15, -0.1) is 5.10 Å². The highest BCUT2D eigenvalue weighted by atomic mass is 127. The van der Waals surface area contributed by atoms with Gasteiger partial charge in [0.2, 0.25) is 0 Å². The fraction of sp³-hybridized carbons (Fsp3) is 0. The van der Waals surface area contributed by atoms with Crippen LogP contribution in [-0.4, -0.2) is 19.1 Å². The minimum Gasteiger partial charge on any atom is -0.293 e. The average Bonchev–Trinajstić information content (AvgIpc) is 3.06. The number of imidazole rings is 1. The topological polar surface area (TPSA) is 43.6 Å². The maximum Gasteiger partial charge on any atom is 0.178 e. The van der Waals surface area contributed by atoms with Gasteiger partial charge in [0.05, 0.1) is 15.9 Å². The minimum atomic E-state index is -0.535. The van der Waals surface area contributed by atoms with Crippen LogP contribution in [0, 0.1) is 15.2 Å². The van der Waals surface area contributed by atoms with Crippen molar-refractivity contribution in [2.45, 2.75) is 0 Å². The van der Waals surface area contributed by atoms with Crippen LogP contribution in [0.4, 0.5) is 8.78 Å². The van der Waals surface area contributed by atoms with E-state index < -0.39 is 11.6 Å². The van der Waals surface area contributed by atoms with Crippen LogP contribution >= 0.6 is 34.1 Å². The summed E-state index contributed by atoms with van der Waals surface area (Å²) in [5, 5.41) is 3.78. The SMILES string of the molecule is Fc1cc(I)ccc1-n1cnc2cc3snnc3c(F)c21. The van der Waals surface area contributed by atoms with Crippen LogP contribution in [0.2, 0.25) is 0 Å². The lowest BCUT2D eigenvalue weighted by atomic mass is 10.2. The molecule has 0 bridgehead atoms. The van der Waals surface area contributed by atoms with E-state index in [0.717, 1.165) is 15.1 Å². The van der Waals surface area contributed by atoms with Crippen LogP contribution in [0.5, 0.6) is 0 Å². The first-order chi connectivity index (χ1) is 10.1. The van der Waals surface area contributed by atoms with Gasteiger partial charge in [0.15, 0.2) is 5.82 Å². The molecule has 0 radical (unpaired) electrons. The molecule has 2 aromatic carbocycles. The van der Waals surface area contributed by atoms with Gasteiger partial charge in [-0.2, -0.15) is 0 Å². The largest absolute Gasteiger partial charge is 0.293 e. The summed E-state index contributed by atoms with van der Waals surface area (Å²) in [6.45, 7) is 0. The van der Waals surface area contributed by atoms with Crippen molar-refractivity contribution in [3.63, 3.8) is 0 Å². The first-order valence-corrected chi connectivity index (χ1v) is 7.73. The monoisotopic (exact) mass is 414 g/mol. The van der Waals surface area contributed by atoms with Crippen molar-refractivity contribution in [3.8, 4) is 5.69 Å². The van der Waals surface area contributed by atoms with E-state index in [9.17, 15) is 8.78 Å². The molecule has 0 amide bonds. The second kappa shape index (κ2) is 4.67. The summed E-state index contributed by atoms with van der Waals surface area (Å²) >= 11 is 3.12. The van der Waals surface area contributed by atoms with E-state index in [1.807, 2.05) is 22.6 Å². The molecule has 0 fully saturated rings. The van der Waals surface area contributed by atoms with E-state index in [4.69, 9.17) is 0 Å². The van der Waals surface area contributed by atoms with E-state index in [1.54, 1.807) is 18.2 Å². The zero-order valence-corrected chi connectivity index (χ0v) is 13.2. The Kier molecular flexibility index (Phi) is 2.89. The predicted octanol–water partition coefficient (Wildman–Crippen LogP) is 3.91. The Hall–Kier alpha value is -1.68. The Morgan fingerprint density at radius 3 is 2.86 bits per heavy atom. The summed E-state index contributed by atoms with van der Waals surface area (Å²) in [5.41, 5.74) is 1.08. The maximum atomic E-state index is 14.6. The van der Waals surface area contributed by atoms with Crippen molar-refractivity contribution in [1.82, 2.24) is 19.1 Å². The quantitative estimate of drug-likeness (QED) is 0.444. The lowest BCUT2D eigenvalue weighted by Crippen LogP contribution is -1.98. The van der Waals surface area contributed by atoms with Gasteiger partial charge in [0, 0.05) is 3.57 Å². The molecule has 2 heterocycles. The number of hydrogen-bond acceptors (Lipinski definition) is 4. The molecule has 0 N–H and O–H groups in total. The van der Waals surface area contributed by atoms with E-state index in [-0.39, 0.29) is 16.7 Å². The highest BCUT2D eigenvalue weighted by molar-refractivity contribution is 14.1. The molecule has 4 rings (SSSR count). The summed E-state index contributed by atoms with van der Waals surface area (Å²) in [6.07, 6.45) is 1.41. The second-order valence-electron chi connectivity index (χ2n) is 4.39. The molecule has 0 aliphatic carbocycles. The highest BCUT2D eigenvalue weighted by Crippen LogP contribution is 2.29. The first-order valence-electron chi connectivity index (χ1n) is 5.88. The van der Waals surface area contributed by atoms with Gasteiger partial charge in [0.1, 0.15) is 23.2 Å². The van der Waals surface area contributed by atoms with Gasteiger partial charge in [-0.3, -0.25) is 4.57 Å². The Morgan fingerprint density at radius 2 is 2.05 bits per heavy atom.